The second-order valence-corrected chi connectivity index (χ2v) is 9.21. The van der Waals surface area contributed by atoms with Crippen molar-refractivity contribution in [1.82, 2.24) is 15.5 Å². The van der Waals surface area contributed by atoms with E-state index in [0.29, 0.717) is 31.6 Å². The second kappa shape index (κ2) is 14.9. The molecule has 1 fully saturated rings. The van der Waals surface area contributed by atoms with Gasteiger partial charge in [0.1, 0.15) is 17.6 Å². The number of benzene rings is 1. The van der Waals surface area contributed by atoms with Crippen molar-refractivity contribution in [1.29, 1.82) is 5.41 Å². The molecule has 0 saturated carbocycles. The predicted octanol–water partition coefficient (Wildman–Crippen LogP) is 3.03. The standard InChI is InChI=1S/C24H31N5O4S.C2H6/c1-16-9-10-20(24(32)28-13-19-12-17(15-34-19)23(25)26)29(16)22(31)14-27-21(30)8-5-11-33-18-6-3-2-4-7-18;1-2/h2-4,6-7,12,15-16,20H,5,8-11,13-14H2,1H3,(H3,25,26)(H,27,30)(H,28,32);1-2H3. The van der Waals surface area contributed by atoms with Crippen molar-refractivity contribution in [3.63, 3.8) is 0 Å². The number of amides is 3. The Balaban J connectivity index is 0.00000222. The Morgan fingerprint density at radius 2 is 1.89 bits per heavy atom. The van der Waals surface area contributed by atoms with E-state index in [1.165, 1.54) is 11.3 Å². The van der Waals surface area contributed by atoms with Gasteiger partial charge in [-0.3, -0.25) is 19.8 Å². The van der Waals surface area contributed by atoms with E-state index >= 15 is 0 Å². The first-order chi connectivity index (χ1) is 17.3. The van der Waals surface area contributed by atoms with Crippen LogP contribution in [0.5, 0.6) is 5.75 Å². The lowest BCUT2D eigenvalue weighted by molar-refractivity contribution is -0.140. The van der Waals surface area contributed by atoms with Crippen LogP contribution in [0.3, 0.4) is 0 Å². The number of para-hydroxylation sites is 1. The van der Waals surface area contributed by atoms with Gasteiger partial charge in [0, 0.05) is 28.3 Å². The highest BCUT2D eigenvalue weighted by molar-refractivity contribution is 7.10. The molecular weight excluding hydrogens is 478 g/mol. The maximum absolute atomic E-state index is 12.8. The van der Waals surface area contributed by atoms with Crippen LogP contribution in [-0.4, -0.2) is 53.7 Å². The van der Waals surface area contributed by atoms with Crippen LogP contribution in [0.4, 0.5) is 0 Å². The number of nitrogens with one attached hydrogen (secondary N) is 3. The van der Waals surface area contributed by atoms with Gasteiger partial charge >= 0.3 is 0 Å². The first-order valence-electron chi connectivity index (χ1n) is 12.3. The molecule has 196 valence electrons. The van der Waals surface area contributed by atoms with E-state index < -0.39 is 6.04 Å². The molecule has 3 rings (SSSR count). The van der Waals surface area contributed by atoms with Gasteiger partial charge in [-0.15, -0.1) is 11.3 Å². The van der Waals surface area contributed by atoms with Crippen molar-refractivity contribution < 1.29 is 19.1 Å². The number of carbonyl (C=O) groups excluding carboxylic acids is 3. The average molecular weight is 516 g/mol. The number of nitrogens with two attached hydrogens (primary N) is 1. The summed E-state index contributed by atoms with van der Waals surface area (Å²) in [6.07, 6.45) is 2.09. The molecule has 2 unspecified atom stereocenters. The lowest BCUT2D eigenvalue weighted by atomic mass is 10.2. The Bertz CT molecular complexity index is 1010. The van der Waals surface area contributed by atoms with Crippen molar-refractivity contribution >= 4 is 34.9 Å². The third-order valence-electron chi connectivity index (χ3n) is 5.66. The summed E-state index contributed by atoms with van der Waals surface area (Å²) in [5, 5.41) is 14.8. The van der Waals surface area contributed by atoms with Gasteiger partial charge < -0.3 is 26.0 Å². The Hall–Kier alpha value is -3.40. The number of hydrogen-bond donors (Lipinski definition) is 4. The van der Waals surface area contributed by atoms with Crippen LogP contribution in [0.2, 0.25) is 0 Å². The Morgan fingerprint density at radius 3 is 2.56 bits per heavy atom. The average Bonchev–Trinajstić information content (AvgIpc) is 3.52. The van der Waals surface area contributed by atoms with Crippen LogP contribution in [-0.2, 0) is 20.9 Å². The summed E-state index contributed by atoms with van der Waals surface area (Å²) < 4.78 is 5.57. The van der Waals surface area contributed by atoms with Gasteiger partial charge in [0.2, 0.25) is 17.7 Å². The van der Waals surface area contributed by atoms with Crippen LogP contribution >= 0.6 is 11.3 Å². The number of amidine groups is 1. The molecule has 10 heteroatoms. The first kappa shape index (κ1) is 28.8. The number of carbonyl (C=O) groups is 3. The Morgan fingerprint density at radius 1 is 1.17 bits per heavy atom. The fraction of sp³-hybridized carbons (Fsp3) is 0.462. The number of ether oxygens (including phenoxy) is 1. The highest BCUT2D eigenvalue weighted by Crippen LogP contribution is 2.24. The molecule has 1 aromatic carbocycles. The molecule has 9 nitrogen and oxygen atoms in total. The normalized spacial score (nSPS) is 16.5. The summed E-state index contributed by atoms with van der Waals surface area (Å²) in [5.41, 5.74) is 6.11. The van der Waals surface area contributed by atoms with E-state index in [4.69, 9.17) is 15.9 Å². The highest BCUT2D eigenvalue weighted by Gasteiger charge is 2.38. The van der Waals surface area contributed by atoms with Crippen LogP contribution in [0.1, 0.15) is 56.9 Å². The molecule has 5 N–H and O–H groups in total. The fourth-order valence-corrected chi connectivity index (χ4v) is 4.69. The molecule has 2 heterocycles. The van der Waals surface area contributed by atoms with Crippen molar-refractivity contribution in [2.45, 2.75) is 65.1 Å². The molecule has 1 aliphatic heterocycles. The lowest BCUT2D eigenvalue weighted by Crippen LogP contribution is -2.51. The van der Waals surface area contributed by atoms with Crippen LogP contribution in [0.25, 0.3) is 0 Å². The Labute approximate surface area is 216 Å². The van der Waals surface area contributed by atoms with E-state index in [1.54, 1.807) is 16.3 Å². The maximum atomic E-state index is 12.8. The van der Waals surface area contributed by atoms with E-state index in [-0.39, 0.29) is 42.6 Å². The van der Waals surface area contributed by atoms with Crippen molar-refractivity contribution in [3.8, 4) is 5.75 Å². The number of thiophene rings is 1. The Kier molecular flexibility index (Phi) is 11.9. The summed E-state index contributed by atoms with van der Waals surface area (Å²) in [7, 11) is 0. The fourth-order valence-electron chi connectivity index (χ4n) is 3.86. The number of nitrogen functional groups attached to an aromatic ring is 1. The van der Waals surface area contributed by atoms with Crippen molar-refractivity contribution in [2.24, 2.45) is 5.73 Å². The van der Waals surface area contributed by atoms with E-state index in [9.17, 15) is 14.4 Å². The monoisotopic (exact) mass is 515 g/mol. The molecule has 0 bridgehead atoms. The third kappa shape index (κ3) is 8.67. The lowest BCUT2D eigenvalue weighted by Gasteiger charge is -2.28. The van der Waals surface area contributed by atoms with Gasteiger partial charge in [0.25, 0.3) is 0 Å². The van der Waals surface area contributed by atoms with Gasteiger partial charge in [-0.25, -0.2) is 0 Å². The minimum atomic E-state index is -0.564. The molecule has 0 spiro atoms. The summed E-state index contributed by atoms with van der Waals surface area (Å²) in [5.74, 6) is 0.0236. The molecular formula is C26H37N5O4S. The summed E-state index contributed by atoms with van der Waals surface area (Å²) in [6.45, 7) is 6.49. The quantitative estimate of drug-likeness (QED) is 0.207. The molecule has 36 heavy (non-hydrogen) atoms. The zero-order chi connectivity index (χ0) is 26.5. The molecule has 2 aromatic rings. The molecule has 2 atom stereocenters. The topological polar surface area (TPSA) is 138 Å². The molecule has 1 aliphatic rings. The highest BCUT2D eigenvalue weighted by atomic mass is 32.1. The number of hydrogen-bond acceptors (Lipinski definition) is 6. The molecule has 1 aromatic heterocycles. The third-order valence-corrected chi connectivity index (χ3v) is 6.59. The minimum Gasteiger partial charge on any atom is -0.494 e. The zero-order valence-corrected chi connectivity index (χ0v) is 22.0. The first-order valence-corrected chi connectivity index (χ1v) is 13.2. The predicted molar refractivity (Wildman–Crippen MR) is 142 cm³/mol. The van der Waals surface area contributed by atoms with E-state index in [0.717, 1.165) is 17.0 Å². The molecule has 1 saturated heterocycles. The smallest absolute Gasteiger partial charge is 0.243 e. The van der Waals surface area contributed by atoms with Crippen LogP contribution in [0.15, 0.2) is 41.8 Å². The molecule has 0 radical (unpaired) electrons. The zero-order valence-electron chi connectivity index (χ0n) is 21.2. The van der Waals surface area contributed by atoms with Gasteiger partial charge in [-0.2, -0.15) is 0 Å². The number of rotatable bonds is 11. The van der Waals surface area contributed by atoms with Gasteiger partial charge in [0.15, 0.2) is 0 Å². The summed E-state index contributed by atoms with van der Waals surface area (Å²) in [6, 6.07) is 10.5. The van der Waals surface area contributed by atoms with Crippen LogP contribution in [0, 0.1) is 5.41 Å². The minimum absolute atomic E-state index is 0.0130. The molecule has 3 amide bonds. The number of nitrogens with zero attached hydrogens (tertiary/aromatic N) is 1. The largest absolute Gasteiger partial charge is 0.494 e. The van der Waals surface area contributed by atoms with Crippen molar-refractivity contribution in [2.75, 3.05) is 13.2 Å². The maximum Gasteiger partial charge on any atom is 0.243 e. The number of likely N-dealkylation sites (tertiary alicyclic amines) is 1. The summed E-state index contributed by atoms with van der Waals surface area (Å²) >= 11 is 1.42. The van der Waals surface area contributed by atoms with Crippen molar-refractivity contribution in [3.05, 3.63) is 52.2 Å². The van der Waals surface area contributed by atoms with Gasteiger partial charge in [-0.05, 0) is 44.4 Å². The molecule has 0 aliphatic carbocycles. The van der Waals surface area contributed by atoms with E-state index in [1.807, 2.05) is 51.1 Å². The van der Waals surface area contributed by atoms with Gasteiger partial charge in [-0.1, -0.05) is 32.0 Å². The summed E-state index contributed by atoms with van der Waals surface area (Å²) in [4.78, 5) is 40.2. The van der Waals surface area contributed by atoms with Crippen LogP contribution < -0.4 is 21.1 Å². The SMILES string of the molecule is CC.CC1CCC(C(=O)NCc2cc(C(=N)N)cs2)N1C(=O)CNC(=O)CCCOc1ccccc1. The van der Waals surface area contributed by atoms with E-state index in [2.05, 4.69) is 10.6 Å². The van der Waals surface area contributed by atoms with Gasteiger partial charge in [0.05, 0.1) is 19.7 Å². The second-order valence-electron chi connectivity index (χ2n) is 8.22.